The van der Waals surface area contributed by atoms with E-state index in [-0.39, 0.29) is 5.91 Å². The van der Waals surface area contributed by atoms with E-state index in [4.69, 9.17) is 10.5 Å². The second kappa shape index (κ2) is 6.68. The molecule has 5 heteroatoms. The lowest BCUT2D eigenvalue weighted by Crippen LogP contribution is -2.57. The van der Waals surface area contributed by atoms with Crippen molar-refractivity contribution in [1.82, 2.24) is 10.2 Å². The first kappa shape index (κ1) is 14.8. The third-order valence-corrected chi connectivity index (χ3v) is 4.51. The molecule has 2 aliphatic heterocycles. The highest BCUT2D eigenvalue weighted by molar-refractivity contribution is 5.86. The Kier molecular flexibility index (Phi) is 5.19. The van der Waals surface area contributed by atoms with Gasteiger partial charge in [-0.25, -0.2) is 0 Å². The van der Waals surface area contributed by atoms with Crippen molar-refractivity contribution in [3.8, 4) is 0 Å². The number of likely N-dealkylation sites (tertiary alicyclic amines) is 1. The molecule has 19 heavy (non-hydrogen) atoms. The van der Waals surface area contributed by atoms with Gasteiger partial charge < -0.3 is 20.7 Å². The summed E-state index contributed by atoms with van der Waals surface area (Å²) in [5, 5.41) is 3.02. The van der Waals surface area contributed by atoms with E-state index >= 15 is 0 Å². The molecule has 0 bridgehead atoms. The lowest BCUT2D eigenvalue weighted by molar-refractivity contribution is -0.129. The van der Waals surface area contributed by atoms with Crippen LogP contribution in [0.2, 0.25) is 0 Å². The molecule has 2 fully saturated rings. The molecule has 1 amide bonds. The molecular weight excluding hydrogens is 242 g/mol. The van der Waals surface area contributed by atoms with Crippen molar-refractivity contribution in [2.75, 3.05) is 39.9 Å². The second-order valence-electron chi connectivity index (χ2n) is 6.06. The number of hydrogen-bond acceptors (Lipinski definition) is 4. The zero-order chi connectivity index (χ0) is 13.7. The summed E-state index contributed by atoms with van der Waals surface area (Å²) in [5.74, 6) is 0.753. The van der Waals surface area contributed by atoms with Crippen molar-refractivity contribution in [2.45, 2.75) is 37.6 Å². The fourth-order valence-corrected chi connectivity index (χ4v) is 2.88. The summed E-state index contributed by atoms with van der Waals surface area (Å²) < 4.78 is 5.26. The van der Waals surface area contributed by atoms with Gasteiger partial charge in [-0.2, -0.15) is 0 Å². The highest BCUT2D eigenvalue weighted by atomic mass is 16.5. The summed E-state index contributed by atoms with van der Waals surface area (Å²) >= 11 is 0. The fourth-order valence-electron chi connectivity index (χ4n) is 2.88. The summed E-state index contributed by atoms with van der Waals surface area (Å²) in [5.41, 5.74) is 5.44. The molecule has 0 radical (unpaired) electrons. The maximum atomic E-state index is 12.1. The molecule has 2 aliphatic rings. The Labute approximate surface area is 115 Å². The average molecular weight is 269 g/mol. The zero-order valence-corrected chi connectivity index (χ0v) is 12.0. The van der Waals surface area contributed by atoms with Crippen LogP contribution in [0.25, 0.3) is 0 Å². The lowest BCUT2D eigenvalue weighted by atomic mass is 9.90. The molecule has 2 rings (SSSR count). The van der Waals surface area contributed by atoms with Crippen LogP contribution in [-0.4, -0.2) is 56.2 Å². The van der Waals surface area contributed by atoms with E-state index in [2.05, 4.69) is 17.3 Å². The predicted molar refractivity (Wildman–Crippen MR) is 74.8 cm³/mol. The number of ether oxygens (including phenoxy) is 1. The third kappa shape index (κ3) is 4.16. The maximum absolute atomic E-state index is 12.1. The van der Waals surface area contributed by atoms with Gasteiger partial charge in [0.1, 0.15) is 0 Å². The zero-order valence-electron chi connectivity index (χ0n) is 12.0. The summed E-state index contributed by atoms with van der Waals surface area (Å²) in [6, 6.07) is 0. The Morgan fingerprint density at radius 3 is 2.63 bits per heavy atom. The van der Waals surface area contributed by atoms with Crippen LogP contribution in [0.3, 0.4) is 0 Å². The Morgan fingerprint density at radius 1 is 1.37 bits per heavy atom. The molecule has 3 N–H and O–H groups in total. The van der Waals surface area contributed by atoms with Crippen LogP contribution in [0.1, 0.15) is 32.1 Å². The molecule has 0 atom stereocenters. The number of carbonyl (C=O) groups is 1. The third-order valence-electron chi connectivity index (χ3n) is 4.51. The molecule has 2 heterocycles. The molecule has 2 saturated heterocycles. The summed E-state index contributed by atoms with van der Waals surface area (Å²) in [4.78, 5) is 14.5. The van der Waals surface area contributed by atoms with Gasteiger partial charge in [-0.05, 0) is 58.2 Å². The van der Waals surface area contributed by atoms with Crippen molar-refractivity contribution >= 4 is 5.91 Å². The molecule has 110 valence electrons. The number of nitrogens with two attached hydrogens (primary N) is 1. The minimum Gasteiger partial charge on any atom is -0.381 e. The van der Waals surface area contributed by atoms with E-state index in [1.807, 2.05) is 0 Å². The van der Waals surface area contributed by atoms with Crippen molar-refractivity contribution in [3.05, 3.63) is 0 Å². The highest BCUT2D eigenvalue weighted by Crippen LogP contribution is 2.20. The van der Waals surface area contributed by atoms with Gasteiger partial charge in [-0.3, -0.25) is 4.79 Å². The van der Waals surface area contributed by atoms with E-state index in [0.29, 0.717) is 26.1 Å². The number of nitrogens with zero attached hydrogens (tertiary/aromatic N) is 1. The minimum absolute atomic E-state index is 0.00345. The van der Waals surface area contributed by atoms with Crippen LogP contribution in [0.4, 0.5) is 0 Å². The van der Waals surface area contributed by atoms with Crippen LogP contribution in [-0.2, 0) is 9.53 Å². The molecule has 0 saturated carbocycles. The molecule has 0 aromatic heterocycles. The molecule has 0 aliphatic carbocycles. The predicted octanol–water partition coefficient (Wildman–Crippen LogP) is 0.342. The fraction of sp³-hybridized carbons (Fsp3) is 0.929. The minimum atomic E-state index is -0.703. The van der Waals surface area contributed by atoms with Crippen LogP contribution in [0, 0.1) is 5.92 Å². The molecule has 0 aromatic rings. The van der Waals surface area contributed by atoms with E-state index in [1.54, 1.807) is 0 Å². The van der Waals surface area contributed by atoms with Gasteiger partial charge >= 0.3 is 0 Å². The van der Waals surface area contributed by atoms with E-state index in [1.165, 1.54) is 25.9 Å². The SMILES string of the molecule is CN1CCC(CCNC(=O)C2(N)CCOCC2)CC1. The quantitative estimate of drug-likeness (QED) is 0.772. The maximum Gasteiger partial charge on any atom is 0.240 e. The molecule has 0 aromatic carbocycles. The first-order chi connectivity index (χ1) is 9.10. The Morgan fingerprint density at radius 2 is 2.00 bits per heavy atom. The lowest BCUT2D eigenvalue weighted by Gasteiger charge is -2.32. The normalized spacial score (nSPS) is 25.2. The topological polar surface area (TPSA) is 67.6 Å². The molecule has 0 spiro atoms. The number of piperidine rings is 1. The van der Waals surface area contributed by atoms with Crippen molar-refractivity contribution in [2.24, 2.45) is 11.7 Å². The monoisotopic (exact) mass is 269 g/mol. The largest absolute Gasteiger partial charge is 0.381 e. The van der Waals surface area contributed by atoms with Gasteiger partial charge in [0.25, 0.3) is 0 Å². The Balaban J connectivity index is 1.66. The van der Waals surface area contributed by atoms with E-state index in [9.17, 15) is 4.79 Å². The second-order valence-corrected chi connectivity index (χ2v) is 6.06. The summed E-state index contributed by atoms with van der Waals surface area (Å²) in [6.45, 7) is 4.30. The smallest absolute Gasteiger partial charge is 0.240 e. The Bertz CT molecular complexity index is 295. The number of hydrogen-bond donors (Lipinski definition) is 2. The summed E-state index contributed by atoms with van der Waals surface area (Å²) in [7, 11) is 2.17. The number of amides is 1. The van der Waals surface area contributed by atoms with Crippen LogP contribution in [0.5, 0.6) is 0 Å². The van der Waals surface area contributed by atoms with Crippen LogP contribution >= 0.6 is 0 Å². The van der Waals surface area contributed by atoms with Gasteiger partial charge in [-0.15, -0.1) is 0 Å². The van der Waals surface area contributed by atoms with Crippen LogP contribution in [0.15, 0.2) is 0 Å². The van der Waals surface area contributed by atoms with E-state index < -0.39 is 5.54 Å². The van der Waals surface area contributed by atoms with Crippen LogP contribution < -0.4 is 11.1 Å². The van der Waals surface area contributed by atoms with Crippen molar-refractivity contribution in [3.63, 3.8) is 0 Å². The van der Waals surface area contributed by atoms with Crippen molar-refractivity contribution in [1.29, 1.82) is 0 Å². The number of carbonyl (C=O) groups excluding carboxylic acids is 1. The number of rotatable bonds is 4. The number of nitrogens with one attached hydrogen (secondary N) is 1. The first-order valence-electron chi connectivity index (χ1n) is 7.44. The Hall–Kier alpha value is -0.650. The molecular formula is C14H27N3O2. The van der Waals surface area contributed by atoms with Gasteiger partial charge in [0.05, 0.1) is 5.54 Å². The molecule has 5 nitrogen and oxygen atoms in total. The first-order valence-corrected chi connectivity index (χ1v) is 7.44. The summed E-state index contributed by atoms with van der Waals surface area (Å²) in [6.07, 6.45) is 4.83. The standard InChI is InChI=1S/C14H27N3O2/c1-17-8-3-12(4-9-17)2-7-16-13(18)14(15)5-10-19-11-6-14/h12H,2-11,15H2,1H3,(H,16,18). The van der Waals surface area contributed by atoms with Crippen molar-refractivity contribution < 1.29 is 9.53 Å². The van der Waals surface area contributed by atoms with E-state index in [0.717, 1.165) is 18.9 Å². The highest BCUT2D eigenvalue weighted by Gasteiger charge is 2.35. The van der Waals surface area contributed by atoms with Gasteiger partial charge in [0.2, 0.25) is 5.91 Å². The molecule has 0 unspecified atom stereocenters. The van der Waals surface area contributed by atoms with Gasteiger partial charge in [0.15, 0.2) is 0 Å². The average Bonchev–Trinajstić information content (AvgIpc) is 2.42. The van der Waals surface area contributed by atoms with Gasteiger partial charge in [-0.1, -0.05) is 0 Å². The van der Waals surface area contributed by atoms with Gasteiger partial charge in [0, 0.05) is 19.8 Å².